The predicted molar refractivity (Wildman–Crippen MR) is 53.8 cm³/mol. The minimum atomic E-state index is -3.91. The quantitative estimate of drug-likeness (QED) is 0.732. The van der Waals surface area contributed by atoms with Crippen LogP contribution >= 0.6 is 0 Å². The molecule has 1 aliphatic rings. The van der Waals surface area contributed by atoms with Crippen molar-refractivity contribution < 1.29 is 17.7 Å². The van der Waals surface area contributed by atoms with Gasteiger partial charge in [0.15, 0.2) is 0 Å². The van der Waals surface area contributed by atoms with E-state index in [9.17, 15) is 8.42 Å². The van der Waals surface area contributed by atoms with Gasteiger partial charge in [-0.2, -0.15) is 8.42 Å². The highest BCUT2D eigenvalue weighted by atomic mass is 32.2. The highest BCUT2D eigenvalue weighted by molar-refractivity contribution is 7.85. The van der Waals surface area contributed by atoms with Crippen molar-refractivity contribution in [1.82, 2.24) is 0 Å². The molecule has 1 saturated carbocycles. The largest absolute Gasteiger partial charge is 0.380 e. The van der Waals surface area contributed by atoms with Crippen molar-refractivity contribution in [2.75, 3.05) is 12.9 Å². The lowest BCUT2D eigenvalue weighted by Crippen LogP contribution is -2.31. The molecule has 1 atom stereocenters. The molecule has 0 aromatic heterocycles. The third kappa shape index (κ3) is 3.94. The zero-order chi connectivity index (χ0) is 10.6. The Bertz CT molecular complexity index is 254. The SMILES string of the molecule is COC(CS(=O)(=O)O)C1CCCCC1. The van der Waals surface area contributed by atoms with E-state index in [0.717, 1.165) is 25.7 Å². The lowest BCUT2D eigenvalue weighted by atomic mass is 9.86. The van der Waals surface area contributed by atoms with Crippen molar-refractivity contribution in [2.45, 2.75) is 38.2 Å². The summed E-state index contributed by atoms with van der Waals surface area (Å²) in [6, 6.07) is 0. The maximum absolute atomic E-state index is 10.7. The average molecular weight is 222 g/mol. The van der Waals surface area contributed by atoms with Gasteiger partial charge in [0.25, 0.3) is 10.1 Å². The molecule has 1 unspecified atom stereocenters. The molecular formula is C9H18O4S. The molecule has 1 rings (SSSR count). The summed E-state index contributed by atoms with van der Waals surface area (Å²) in [5.74, 6) is 0.0180. The Labute approximate surface area is 85.4 Å². The Morgan fingerprint density at radius 3 is 2.36 bits per heavy atom. The van der Waals surface area contributed by atoms with Gasteiger partial charge in [0.1, 0.15) is 5.75 Å². The van der Waals surface area contributed by atoms with Crippen molar-refractivity contribution in [3.8, 4) is 0 Å². The summed E-state index contributed by atoms with van der Waals surface area (Å²) in [5, 5.41) is 0. The van der Waals surface area contributed by atoms with E-state index < -0.39 is 10.1 Å². The van der Waals surface area contributed by atoms with Gasteiger partial charge in [-0.15, -0.1) is 0 Å². The minimum absolute atomic E-state index is 0.270. The van der Waals surface area contributed by atoms with E-state index in [1.54, 1.807) is 0 Å². The molecule has 0 radical (unpaired) electrons. The molecule has 0 aromatic carbocycles. The summed E-state index contributed by atoms with van der Waals surface area (Å²) in [5.41, 5.74) is 0. The average Bonchev–Trinajstić information content (AvgIpc) is 2.14. The molecule has 0 amide bonds. The van der Waals surface area contributed by atoms with Crippen LogP contribution in [0.4, 0.5) is 0 Å². The monoisotopic (exact) mass is 222 g/mol. The third-order valence-electron chi connectivity index (χ3n) is 2.85. The first-order valence-corrected chi connectivity index (χ1v) is 6.62. The molecule has 5 heteroatoms. The smallest absolute Gasteiger partial charge is 0.267 e. The fourth-order valence-corrected chi connectivity index (χ4v) is 2.93. The molecular weight excluding hydrogens is 204 g/mol. The van der Waals surface area contributed by atoms with Crippen LogP contribution in [0.5, 0.6) is 0 Å². The molecule has 0 saturated heterocycles. The summed E-state index contributed by atoms with van der Waals surface area (Å²) < 4.78 is 35.3. The first-order chi connectivity index (χ1) is 6.53. The summed E-state index contributed by atoms with van der Waals surface area (Å²) in [6.07, 6.45) is 5.16. The van der Waals surface area contributed by atoms with E-state index in [1.807, 2.05) is 0 Å². The van der Waals surface area contributed by atoms with Crippen LogP contribution in [-0.2, 0) is 14.9 Å². The van der Waals surface area contributed by atoms with Crippen molar-refractivity contribution >= 4 is 10.1 Å². The summed E-state index contributed by atoms with van der Waals surface area (Å²) in [4.78, 5) is 0. The van der Waals surface area contributed by atoms with Crippen LogP contribution in [0.2, 0.25) is 0 Å². The molecule has 0 aromatic rings. The van der Waals surface area contributed by atoms with Crippen molar-refractivity contribution in [3.63, 3.8) is 0 Å². The molecule has 1 fully saturated rings. The first kappa shape index (κ1) is 11.9. The minimum Gasteiger partial charge on any atom is -0.380 e. The third-order valence-corrected chi connectivity index (χ3v) is 3.60. The number of hydrogen-bond donors (Lipinski definition) is 1. The van der Waals surface area contributed by atoms with Gasteiger partial charge in [-0.3, -0.25) is 4.55 Å². The van der Waals surface area contributed by atoms with E-state index in [4.69, 9.17) is 9.29 Å². The van der Waals surface area contributed by atoms with Gasteiger partial charge in [-0.1, -0.05) is 19.3 Å². The molecule has 14 heavy (non-hydrogen) atoms. The van der Waals surface area contributed by atoms with Crippen LogP contribution in [-0.4, -0.2) is 31.9 Å². The van der Waals surface area contributed by atoms with Crippen LogP contribution in [0.25, 0.3) is 0 Å². The Hall–Kier alpha value is -0.130. The molecule has 1 aliphatic carbocycles. The van der Waals surface area contributed by atoms with Crippen LogP contribution < -0.4 is 0 Å². The van der Waals surface area contributed by atoms with Crippen molar-refractivity contribution in [3.05, 3.63) is 0 Å². The molecule has 4 nitrogen and oxygen atoms in total. The molecule has 0 bridgehead atoms. The highest BCUT2D eigenvalue weighted by Gasteiger charge is 2.27. The van der Waals surface area contributed by atoms with Gasteiger partial charge < -0.3 is 4.74 Å². The topological polar surface area (TPSA) is 63.6 Å². The van der Waals surface area contributed by atoms with E-state index in [-0.39, 0.29) is 17.8 Å². The Kier molecular flexibility index (Phi) is 4.34. The second-order valence-electron chi connectivity index (χ2n) is 3.92. The Balaban J connectivity index is 2.52. The fraction of sp³-hybridized carbons (Fsp3) is 1.00. The number of methoxy groups -OCH3 is 1. The fourth-order valence-electron chi connectivity index (χ4n) is 2.11. The van der Waals surface area contributed by atoms with Crippen molar-refractivity contribution in [2.24, 2.45) is 5.92 Å². The first-order valence-electron chi connectivity index (χ1n) is 5.01. The zero-order valence-electron chi connectivity index (χ0n) is 8.48. The normalized spacial score (nSPS) is 22.1. The van der Waals surface area contributed by atoms with Crippen LogP contribution in [0.3, 0.4) is 0 Å². The number of ether oxygens (including phenoxy) is 1. The van der Waals surface area contributed by atoms with Gasteiger partial charge in [-0.25, -0.2) is 0 Å². The van der Waals surface area contributed by atoms with Gasteiger partial charge in [0.2, 0.25) is 0 Å². The van der Waals surface area contributed by atoms with Crippen LogP contribution in [0.1, 0.15) is 32.1 Å². The Morgan fingerprint density at radius 1 is 1.36 bits per heavy atom. The maximum atomic E-state index is 10.7. The lowest BCUT2D eigenvalue weighted by Gasteiger charge is -2.28. The molecule has 0 aliphatic heterocycles. The highest BCUT2D eigenvalue weighted by Crippen LogP contribution is 2.28. The second kappa shape index (κ2) is 5.09. The molecule has 0 heterocycles. The van der Waals surface area contributed by atoms with Gasteiger partial charge in [0, 0.05) is 7.11 Å². The van der Waals surface area contributed by atoms with Gasteiger partial charge in [-0.05, 0) is 18.8 Å². The maximum Gasteiger partial charge on any atom is 0.267 e. The molecule has 84 valence electrons. The summed E-state index contributed by atoms with van der Waals surface area (Å²) >= 11 is 0. The summed E-state index contributed by atoms with van der Waals surface area (Å²) in [7, 11) is -2.41. The second-order valence-corrected chi connectivity index (χ2v) is 5.42. The summed E-state index contributed by atoms with van der Waals surface area (Å²) in [6.45, 7) is 0. The zero-order valence-corrected chi connectivity index (χ0v) is 9.29. The molecule has 0 spiro atoms. The van der Waals surface area contributed by atoms with E-state index in [1.165, 1.54) is 13.5 Å². The number of rotatable bonds is 4. The van der Waals surface area contributed by atoms with E-state index in [0.29, 0.717) is 0 Å². The van der Waals surface area contributed by atoms with E-state index >= 15 is 0 Å². The Morgan fingerprint density at radius 2 is 1.93 bits per heavy atom. The van der Waals surface area contributed by atoms with Crippen molar-refractivity contribution in [1.29, 1.82) is 0 Å². The molecule has 1 N–H and O–H groups in total. The van der Waals surface area contributed by atoms with E-state index in [2.05, 4.69) is 0 Å². The standard InChI is InChI=1S/C9H18O4S/c1-13-9(7-14(10,11)12)8-5-3-2-4-6-8/h8-9H,2-7H2,1H3,(H,10,11,12). The lowest BCUT2D eigenvalue weighted by molar-refractivity contribution is 0.0519. The van der Waals surface area contributed by atoms with Gasteiger partial charge >= 0.3 is 0 Å². The van der Waals surface area contributed by atoms with Crippen LogP contribution in [0.15, 0.2) is 0 Å². The van der Waals surface area contributed by atoms with Crippen LogP contribution in [0, 0.1) is 5.92 Å². The number of hydrogen-bond acceptors (Lipinski definition) is 3. The van der Waals surface area contributed by atoms with Gasteiger partial charge in [0.05, 0.1) is 6.10 Å². The predicted octanol–water partition coefficient (Wildman–Crippen LogP) is 1.47.